The molecule has 152 valence electrons. The molecular formula is C21H22BrN2O4S+. The predicted molar refractivity (Wildman–Crippen MR) is 113 cm³/mol. The quantitative estimate of drug-likeness (QED) is 0.624. The molecule has 1 aromatic heterocycles. The Labute approximate surface area is 181 Å². The van der Waals surface area contributed by atoms with E-state index in [1.165, 1.54) is 16.2 Å². The van der Waals surface area contributed by atoms with Crippen LogP contribution in [-0.2, 0) is 9.53 Å². The third-order valence-corrected chi connectivity index (χ3v) is 6.73. The highest BCUT2D eigenvalue weighted by Gasteiger charge is 2.44. The van der Waals surface area contributed by atoms with Crippen LogP contribution in [-0.4, -0.2) is 61.1 Å². The van der Waals surface area contributed by atoms with E-state index in [1.54, 1.807) is 17.0 Å². The summed E-state index contributed by atoms with van der Waals surface area (Å²) in [6, 6.07) is 10.5. The van der Waals surface area contributed by atoms with E-state index in [4.69, 9.17) is 4.74 Å². The Bertz CT molecular complexity index is 938. The minimum absolute atomic E-state index is 0.160. The van der Waals surface area contributed by atoms with Crippen LogP contribution >= 0.6 is 27.3 Å². The number of Topliss-reactive ketones (excluding diaryl/α,β-unsaturated/α-hetero) is 1. The number of carbonyl (C=O) groups is 2. The second-order valence-corrected chi connectivity index (χ2v) is 9.00. The lowest BCUT2D eigenvalue weighted by Crippen LogP contribution is -3.14. The van der Waals surface area contributed by atoms with Gasteiger partial charge in [0.1, 0.15) is 13.1 Å². The van der Waals surface area contributed by atoms with Crippen LogP contribution in [0.4, 0.5) is 0 Å². The van der Waals surface area contributed by atoms with Crippen molar-refractivity contribution in [3.63, 3.8) is 0 Å². The van der Waals surface area contributed by atoms with Gasteiger partial charge in [0.15, 0.2) is 5.76 Å². The average molecular weight is 478 g/mol. The lowest BCUT2D eigenvalue weighted by molar-refractivity contribution is -0.907. The number of nitrogens with zero attached hydrogens (tertiary/aromatic N) is 1. The molecule has 8 heteroatoms. The highest BCUT2D eigenvalue weighted by Crippen LogP contribution is 2.39. The minimum atomic E-state index is -0.602. The zero-order valence-corrected chi connectivity index (χ0v) is 18.2. The van der Waals surface area contributed by atoms with E-state index in [-0.39, 0.29) is 11.4 Å². The molecule has 1 saturated heterocycles. The van der Waals surface area contributed by atoms with Crippen molar-refractivity contribution in [3.8, 4) is 0 Å². The lowest BCUT2D eigenvalue weighted by Gasteiger charge is -2.30. The van der Waals surface area contributed by atoms with Crippen molar-refractivity contribution in [2.45, 2.75) is 6.04 Å². The van der Waals surface area contributed by atoms with Crippen LogP contribution < -0.4 is 4.90 Å². The Morgan fingerprint density at radius 3 is 2.76 bits per heavy atom. The van der Waals surface area contributed by atoms with Crippen LogP contribution in [0.15, 0.2) is 57.6 Å². The summed E-state index contributed by atoms with van der Waals surface area (Å²) in [7, 11) is 0. The Morgan fingerprint density at radius 2 is 2.07 bits per heavy atom. The summed E-state index contributed by atoms with van der Waals surface area (Å²) in [5.74, 6) is -1.22. The highest BCUT2D eigenvalue weighted by molar-refractivity contribution is 9.10. The molecule has 2 aliphatic rings. The van der Waals surface area contributed by atoms with Crippen molar-refractivity contribution < 1.29 is 24.3 Å². The minimum Gasteiger partial charge on any atom is -0.503 e. The van der Waals surface area contributed by atoms with Crippen molar-refractivity contribution in [2.24, 2.45) is 0 Å². The smallest absolute Gasteiger partial charge is 0.290 e. The van der Waals surface area contributed by atoms with Crippen LogP contribution in [0.5, 0.6) is 0 Å². The summed E-state index contributed by atoms with van der Waals surface area (Å²) in [5.41, 5.74) is 0.959. The molecule has 2 aliphatic heterocycles. The number of benzene rings is 1. The fourth-order valence-corrected chi connectivity index (χ4v) is 4.96. The number of morpholine rings is 1. The zero-order valence-electron chi connectivity index (χ0n) is 15.8. The average Bonchev–Trinajstić information content (AvgIpc) is 3.35. The first kappa shape index (κ1) is 20.3. The molecule has 0 saturated carbocycles. The molecule has 1 atom stereocenters. The van der Waals surface area contributed by atoms with E-state index >= 15 is 0 Å². The number of nitrogens with one attached hydrogen (secondary N) is 1. The second-order valence-electron chi connectivity index (χ2n) is 7.14. The van der Waals surface area contributed by atoms with Gasteiger partial charge in [-0.25, -0.2) is 0 Å². The van der Waals surface area contributed by atoms with Crippen molar-refractivity contribution in [2.75, 3.05) is 39.4 Å². The molecule has 1 fully saturated rings. The van der Waals surface area contributed by atoms with Gasteiger partial charge in [0.2, 0.25) is 5.78 Å². The SMILES string of the molecule is O=C(C1=C(O)C(=O)N(CC[NH+]2CCOCC2)[C@H]1c1cccc(Br)c1)c1cccs1. The van der Waals surface area contributed by atoms with Crippen LogP contribution in [0, 0.1) is 0 Å². The lowest BCUT2D eigenvalue weighted by atomic mass is 9.95. The number of aliphatic hydroxyl groups excluding tert-OH is 1. The molecule has 2 aromatic rings. The second kappa shape index (κ2) is 8.79. The molecule has 0 spiro atoms. The van der Waals surface area contributed by atoms with E-state index in [0.29, 0.717) is 24.6 Å². The first-order valence-corrected chi connectivity index (χ1v) is 11.2. The van der Waals surface area contributed by atoms with Gasteiger partial charge >= 0.3 is 0 Å². The van der Waals surface area contributed by atoms with Gasteiger partial charge in [-0.2, -0.15) is 0 Å². The molecule has 0 radical (unpaired) electrons. The number of quaternary nitrogens is 1. The third-order valence-electron chi connectivity index (χ3n) is 5.36. The molecule has 0 aliphatic carbocycles. The van der Waals surface area contributed by atoms with E-state index in [1.807, 2.05) is 29.6 Å². The largest absolute Gasteiger partial charge is 0.503 e. The van der Waals surface area contributed by atoms with Gasteiger partial charge in [0, 0.05) is 4.47 Å². The van der Waals surface area contributed by atoms with E-state index in [2.05, 4.69) is 15.9 Å². The number of halogens is 1. The molecule has 0 unspecified atom stereocenters. The molecule has 0 bridgehead atoms. The van der Waals surface area contributed by atoms with Crippen LogP contribution in [0.2, 0.25) is 0 Å². The number of carbonyl (C=O) groups excluding carboxylic acids is 2. The van der Waals surface area contributed by atoms with Crippen molar-refractivity contribution in [3.05, 3.63) is 68.0 Å². The Kier molecular flexibility index (Phi) is 6.15. The van der Waals surface area contributed by atoms with Gasteiger partial charge in [0.05, 0.1) is 42.8 Å². The summed E-state index contributed by atoms with van der Waals surface area (Å²) in [6.07, 6.45) is 0. The maximum absolute atomic E-state index is 13.2. The fraction of sp³-hybridized carbons (Fsp3) is 0.333. The number of hydrogen-bond donors (Lipinski definition) is 2. The normalized spacial score (nSPS) is 20.5. The molecule has 1 amide bonds. The maximum atomic E-state index is 13.2. The van der Waals surface area contributed by atoms with Gasteiger partial charge < -0.3 is 19.6 Å². The number of thiophene rings is 1. The number of aliphatic hydroxyl groups is 1. The van der Waals surface area contributed by atoms with Crippen molar-refractivity contribution >= 4 is 39.0 Å². The number of hydrogen-bond acceptors (Lipinski definition) is 5. The Balaban J connectivity index is 1.67. The van der Waals surface area contributed by atoms with Crippen molar-refractivity contribution in [1.29, 1.82) is 0 Å². The molecule has 2 N–H and O–H groups in total. The van der Waals surface area contributed by atoms with Crippen LogP contribution in [0.3, 0.4) is 0 Å². The number of amides is 1. The van der Waals surface area contributed by atoms with E-state index in [0.717, 1.165) is 29.7 Å². The van der Waals surface area contributed by atoms with Gasteiger partial charge in [-0.3, -0.25) is 9.59 Å². The fourth-order valence-electron chi connectivity index (χ4n) is 3.87. The first-order valence-electron chi connectivity index (χ1n) is 9.55. The van der Waals surface area contributed by atoms with Crippen LogP contribution in [0.1, 0.15) is 21.3 Å². The molecule has 6 nitrogen and oxygen atoms in total. The van der Waals surface area contributed by atoms with Gasteiger partial charge in [-0.05, 0) is 29.1 Å². The number of rotatable bonds is 6. The van der Waals surface area contributed by atoms with Crippen molar-refractivity contribution in [1.82, 2.24) is 4.90 Å². The third kappa shape index (κ3) is 4.16. The maximum Gasteiger partial charge on any atom is 0.290 e. The molecule has 29 heavy (non-hydrogen) atoms. The summed E-state index contributed by atoms with van der Waals surface area (Å²) < 4.78 is 6.26. The van der Waals surface area contributed by atoms with Gasteiger partial charge in [-0.15, -0.1) is 11.3 Å². The topological polar surface area (TPSA) is 71.3 Å². The monoisotopic (exact) mass is 477 g/mol. The standard InChI is InChI=1S/C21H21BrN2O4S/c22-15-4-1-3-14(13-15)18-17(19(25)16-5-2-12-29-16)20(26)21(27)24(18)7-6-23-8-10-28-11-9-23/h1-5,12-13,18,26H,6-11H2/p+1/t18-/m0/s1. The Morgan fingerprint density at radius 1 is 1.28 bits per heavy atom. The predicted octanol–water partition coefficient (Wildman–Crippen LogP) is 2.00. The highest BCUT2D eigenvalue weighted by atomic mass is 79.9. The summed E-state index contributed by atoms with van der Waals surface area (Å²) >= 11 is 4.78. The summed E-state index contributed by atoms with van der Waals surface area (Å²) in [5, 5.41) is 12.5. The zero-order chi connectivity index (χ0) is 20.4. The Hall–Kier alpha value is -2.00. The van der Waals surface area contributed by atoms with Gasteiger partial charge in [-0.1, -0.05) is 34.1 Å². The van der Waals surface area contributed by atoms with E-state index < -0.39 is 17.7 Å². The first-order chi connectivity index (χ1) is 14.1. The molecule has 1 aromatic carbocycles. The van der Waals surface area contributed by atoms with E-state index in [9.17, 15) is 14.7 Å². The van der Waals surface area contributed by atoms with Gasteiger partial charge in [0.25, 0.3) is 5.91 Å². The summed E-state index contributed by atoms with van der Waals surface area (Å²) in [6.45, 7) is 4.41. The number of ether oxygens (including phenoxy) is 1. The molecule has 4 rings (SSSR count). The van der Waals surface area contributed by atoms with Crippen LogP contribution in [0.25, 0.3) is 0 Å². The summed E-state index contributed by atoms with van der Waals surface area (Å²) in [4.78, 5) is 29.6. The molecule has 3 heterocycles. The molecular weight excluding hydrogens is 456 g/mol. The number of ketones is 1.